The lowest BCUT2D eigenvalue weighted by Gasteiger charge is -2.27. The number of benzene rings is 1. The molecule has 6 atom stereocenters. The van der Waals surface area contributed by atoms with E-state index in [0.717, 1.165) is 0 Å². The molecule has 0 heterocycles. The summed E-state index contributed by atoms with van der Waals surface area (Å²) in [6.07, 6.45) is -0.642. The summed E-state index contributed by atoms with van der Waals surface area (Å²) in [5.74, 6) is -4.01. The van der Waals surface area contributed by atoms with Gasteiger partial charge in [0.1, 0.15) is 24.2 Å². The molecule has 0 aliphatic heterocycles. The van der Waals surface area contributed by atoms with Crippen LogP contribution in [-0.2, 0) is 25.6 Å². The number of carbonyl (C=O) groups excluding carboxylic acids is 3. The summed E-state index contributed by atoms with van der Waals surface area (Å²) in [5, 5.41) is 35.7. The van der Waals surface area contributed by atoms with Gasteiger partial charge < -0.3 is 37.0 Å². The van der Waals surface area contributed by atoms with E-state index in [1.54, 1.807) is 44.2 Å². The predicted octanol–water partition coefficient (Wildman–Crippen LogP) is -1.49. The third kappa shape index (κ3) is 8.79. The van der Waals surface area contributed by atoms with Gasteiger partial charge in [0.15, 0.2) is 0 Å². The van der Waals surface area contributed by atoms with Crippen molar-refractivity contribution in [2.45, 2.75) is 63.9 Å². The molecule has 184 valence electrons. The van der Waals surface area contributed by atoms with Crippen molar-refractivity contribution in [1.82, 2.24) is 16.0 Å². The van der Waals surface area contributed by atoms with Gasteiger partial charge >= 0.3 is 5.97 Å². The Bertz CT molecular complexity index is 803. The van der Waals surface area contributed by atoms with Crippen LogP contribution in [-0.4, -0.2) is 75.9 Å². The fourth-order valence-electron chi connectivity index (χ4n) is 2.95. The number of amides is 3. The van der Waals surface area contributed by atoms with Gasteiger partial charge in [0, 0.05) is 6.42 Å². The van der Waals surface area contributed by atoms with Crippen LogP contribution in [0.15, 0.2) is 30.3 Å². The Morgan fingerprint density at radius 2 is 1.52 bits per heavy atom. The monoisotopic (exact) mass is 466 g/mol. The van der Waals surface area contributed by atoms with Crippen molar-refractivity contribution >= 4 is 23.7 Å². The van der Waals surface area contributed by atoms with Gasteiger partial charge in [-0.25, -0.2) is 4.79 Å². The van der Waals surface area contributed by atoms with Crippen molar-refractivity contribution in [3.8, 4) is 0 Å². The first-order valence-electron chi connectivity index (χ1n) is 10.7. The first-order valence-corrected chi connectivity index (χ1v) is 10.7. The lowest BCUT2D eigenvalue weighted by Crippen LogP contribution is -2.60. The minimum absolute atomic E-state index is 0.0512. The minimum atomic E-state index is -1.42. The van der Waals surface area contributed by atoms with Crippen LogP contribution in [0.25, 0.3) is 0 Å². The summed E-state index contributed by atoms with van der Waals surface area (Å²) in [4.78, 5) is 49.3. The fraction of sp³-hybridized carbons (Fsp3) is 0.545. The number of aliphatic hydroxyl groups excluding tert-OH is 2. The third-order valence-corrected chi connectivity index (χ3v) is 5.33. The molecule has 11 heteroatoms. The Balaban J connectivity index is 2.94. The average molecular weight is 467 g/mol. The summed E-state index contributed by atoms with van der Waals surface area (Å²) in [7, 11) is 0. The maximum atomic E-state index is 12.9. The highest BCUT2D eigenvalue weighted by molar-refractivity contribution is 5.94. The molecule has 1 aromatic carbocycles. The molecular weight excluding hydrogens is 432 g/mol. The number of aliphatic hydroxyl groups is 2. The molecule has 8 N–H and O–H groups in total. The number of nitrogens with one attached hydrogen (secondary N) is 3. The van der Waals surface area contributed by atoms with Crippen molar-refractivity contribution in [1.29, 1.82) is 0 Å². The first kappa shape index (κ1) is 28.0. The van der Waals surface area contributed by atoms with Crippen LogP contribution in [0.2, 0.25) is 0 Å². The van der Waals surface area contributed by atoms with Crippen molar-refractivity contribution in [3.05, 3.63) is 35.9 Å². The molecule has 11 nitrogen and oxygen atoms in total. The van der Waals surface area contributed by atoms with Crippen LogP contribution >= 0.6 is 0 Å². The van der Waals surface area contributed by atoms with Gasteiger partial charge in [0.25, 0.3) is 0 Å². The summed E-state index contributed by atoms with van der Waals surface area (Å²) in [5.41, 5.74) is 6.25. The topological polar surface area (TPSA) is 191 Å². The van der Waals surface area contributed by atoms with Crippen molar-refractivity contribution in [3.63, 3.8) is 0 Å². The Morgan fingerprint density at radius 1 is 0.939 bits per heavy atom. The van der Waals surface area contributed by atoms with Gasteiger partial charge in [-0.2, -0.15) is 0 Å². The number of hydrogen-bond acceptors (Lipinski definition) is 7. The molecular formula is C22H34N4O7. The molecule has 33 heavy (non-hydrogen) atoms. The van der Waals surface area contributed by atoms with Crippen molar-refractivity contribution < 1.29 is 34.5 Å². The average Bonchev–Trinajstić information content (AvgIpc) is 2.79. The Labute approximate surface area is 192 Å². The normalized spacial score (nSPS) is 16.4. The number of hydrogen-bond donors (Lipinski definition) is 7. The van der Waals surface area contributed by atoms with E-state index in [2.05, 4.69) is 16.0 Å². The molecule has 0 radical (unpaired) electrons. The van der Waals surface area contributed by atoms with Gasteiger partial charge in [-0.05, 0) is 18.4 Å². The van der Waals surface area contributed by atoms with Crippen LogP contribution in [0, 0.1) is 5.92 Å². The zero-order valence-corrected chi connectivity index (χ0v) is 19.0. The predicted molar refractivity (Wildman–Crippen MR) is 120 cm³/mol. The second-order valence-electron chi connectivity index (χ2n) is 7.97. The van der Waals surface area contributed by atoms with Crippen LogP contribution in [0.1, 0.15) is 32.8 Å². The zero-order chi connectivity index (χ0) is 25.1. The fourth-order valence-corrected chi connectivity index (χ4v) is 2.95. The zero-order valence-electron chi connectivity index (χ0n) is 19.0. The van der Waals surface area contributed by atoms with Crippen molar-refractivity contribution in [2.24, 2.45) is 11.7 Å². The Hall–Kier alpha value is -3.02. The highest BCUT2D eigenvalue weighted by atomic mass is 16.4. The van der Waals surface area contributed by atoms with E-state index in [4.69, 9.17) is 5.73 Å². The highest BCUT2D eigenvalue weighted by Gasteiger charge is 2.33. The van der Waals surface area contributed by atoms with E-state index in [0.29, 0.717) is 12.0 Å². The van der Waals surface area contributed by atoms with E-state index >= 15 is 0 Å². The smallest absolute Gasteiger partial charge is 0.326 e. The summed E-state index contributed by atoms with van der Waals surface area (Å²) in [6.45, 7) is 4.02. The SMILES string of the molecule is CCC(C)C(NC(=O)C(CO)NC(=O)C(N)C(C)O)C(=O)NC(Cc1ccccc1)C(=O)O. The number of carboxylic acid groups (broad SMARTS) is 1. The molecule has 0 bridgehead atoms. The van der Waals surface area contributed by atoms with Gasteiger partial charge in [0.05, 0.1) is 12.7 Å². The quantitative estimate of drug-likeness (QED) is 0.183. The number of rotatable bonds is 13. The maximum Gasteiger partial charge on any atom is 0.326 e. The first-order chi connectivity index (χ1) is 15.5. The van der Waals surface area contributed by atoms with Gasteiger partial charge in [0.2, 0.25) is 17.7 Å². The van der Waals surface area contributed by atoms with E-state index in [9.17, 15) is 34.5 Å². The van der Waals surface area contributed by atoms with E-state index < -0.39 is 60.6 Å². The van der Waals surface area contributed by atoms with Crippen LogP contribution in [0.5, 0.6) is 0 Å². The number of carboxylic acids is 1. The van der Waals surface area contributed by atoms with Crippen LogP contribution in [0.3, 0.4) is 0 Å². The standard InChI is InChI=1S/C22H34N4O7/c1-4-12(2)18(26-19(29)16(11-27)25-20(30)17(23)13(3)28)21(31)24-15(22(32)33)10-14-8-6-5-7-9-14/h5-9,12-13,15-18,27-28H,4,10-11,23H2,1-3H3,(H,24,31)(H,25,30)(H,26,29)(H,32,33). The number of aliphatic carboxylic acids is 1. The maximum absolute atomic E-state index is 12.9. The lowest BCUT2D eigenvalue weighted by atomic mass is 9.97. The van der Waals surface area contributed by atoms with Gasteiger partial charge in [-0.15, -0.1) is 0 Å². The van der Waals surface area contributed by atoms with Crippen LogP contribution < -0.4 is 21.7 Å². The van der Waals surface area contributed by atoms with E-state index in [1.165, 1.54) is 6.92 Å². The molecule has 0 fully saturated rings. The van der Waals surface area contributed by atoms with Gasteiger partial charge in [-0.3, -0.25) is 14.4 Å². The molecule has 6 unspecified atom stereocenters. The number of nitrogens with two attached hydrogens (primary N) is 1. The second-order valence-corrected chi connectivity index (χ2v) is 7.97. The highest BCUT2D eigenvalue weighted by Crippen LogP contribution is 2.10. The molecule has 0 aliphatic rings. The van der Waals surface area contributed by atoms with E-state index in [-0.39, 0.29) is 12.3 Å². The lowest BCUT2D eigenvalue weighted by molar-refractivity contribution is -0.142. The third-order valence-electron chi connectivity index (χ3n) is 5.33. The van der Waals surface area contributed by atoms with Crippen molar-refractivity contribution in [2.75, 3.05) is 6.61 Å². The number of carbonyl (C=O) groups is 4. The second kappa shape index (κ2) is 13.5. The molecule has 0 saturated heterocycles. The van der Waals surface area contributed by atoms with Gasteiger partial charge in [-0.1, -0.05) is 50.6 Å². The van der Waals surface area contributed by atoms with E-state index in [1.807, 2.05) is 0 Å². The summed E-state index contributed by atoms with van der Waals surface area (Å²) in [6, 6.07) is 3.71. The van der Waals surface area contributed by atoms with Crippen LogP contribution in [0.4, 0.5) is 0 Å². The minimum Gasteiger partial charge on any atom is -0.480 e. The Morgan fingerprint density at radius 3 is 2.00 bits per heavy atom. The summed E-state index contributed by atoms with van der Waals surface area (Å²) < 4.78 is 0. The largest absolute Gasteiger partial charge is 0.480 e. The molecule has 1 rings (SSSR count). The molecule has 0 aromatic heterocycles. The molecule has 0 saturated carbocycles. The molecule has 1 aromatic rings. The summed E-state index contributed by atoms with van der Waals surface area (Å²) >= 11 is 0. The molecule has 0 aliphatic carbocycles. The molecule has 3 amide bonds. The Kier molecular flexibility index (Phi) is 11.5. The molecule has 0 spiro atoms.